The Hall–Kier alpha value is -3.36. The molecule has 0 bridgehead atoms. The van der Waals surface area contributed by atoms with Gasteiger partial charge in [-0.2, -0.15) is 18.3 Å². The number of aromatic nitrogens is 3. The highest BCUT2D eigenvalue weighted by atomic mass is 19.4. The molecule has 1 fully saturated rings. The largest absolute Gasteiger partial charge is 0.416 e. The van der Waals surface area contributed by atoms with Gasteiger partial charge in [-0.25, -0.2) is 9.67 Å². The second-order valence-corrected chi connectivity index (χ2v) is 7.16. The maximum atomic E-state index is 13.0. The van der Waals surface area contributed by atoms with Crippen LogP contribution in [0.25, 0.3) is 5.69 Å². The minimum Gasteiger partial charge on any atom is -0.357 e. The molecular weight excluding hydrogens is 395 g/mol. The van der Waals surface area contributed by atoms with Crippen LogP contribution in [0.15, 0.2) is 48.8 Å². The van der Waals surface area contributed by atoms with Crippen LogP contribution in [0.2, 0.25) is 0 Å². The second-order valence-electron chi connectivity index (χ2n) is 7.16. The van der Waals surface area contributed by atoms with Crippen molar-refractivity contribution >= 4 is 17.4 Å². The highest BCUT2D eigenvalue weighted by molar-refractivity contribution is 6.04. The van der Waals surface area contributed by atoms with Crippen molar-refractivity contribution in [2.24, 2.45) is 0 Å². The standard InChI is InChI=1S/C21H20F3N5O/c1-14-18(13-26-29(14)17-6-4-5-15(11-17)21(22,23)24)20(30)27-16-7-8-19(25-12-16)28-9-2-3-10-28/h4-8,11-13H,2-3,9-10H2,1H3,(H,27,30). The van der Waals surface area contributed by atoms with Gasteiger partial charge in [-0.15, -0.1) is 0 Å². The number of benzene rings is 1. The molecule has 1 aliphatic rings. The summed E-state index contributed by atoms with van der Waals surface area (Å²) in [6.45, 7) is 3.59. The lowest BCUT2D eigenvalue weighted by molar-refractivity contribution is -0.137. The maximum absolute atomic E-state index is 13.0. The molecule has 2 aromatic heterocycles. The quantitative estimate of drug-likeness (QED) is 0.684. The van der Waals surface area contributed by atoms with Crippen LogP contribution in [0, 0.1) is 6.92 Å². The van der Waals surface area contributed by atoms with E-state index in [9.17, 15) is 18.0 Å². The number of carbonyl (C=O) groups excluding carboxylic acids is 1. The Balaban J connectivity index is 1.51. The molecule has 156 valence electrons. The van der Waals surface area contributed by atoms with E-state index >= 15 is 0 Å². The van der Waals surface area contributed by atoms with Gasteiger partial charge < -0.3 is 10.2 Å². The van der Waals surface area contributed by atoms with Crippen molar-refractivity contribution in [3.63, 3.8) is 0 Å². The summed E-state index contributed by atoms with van der Waals surface area (Å²) in [5.74, 6) is 0.473. The predicted molar refractivity (Wildman–Crippen MR) is 107 cm³/mol. The number of pyridine rings is 1. The van der Waals surface area contributed by atoms with Crippen molar-refractivity contribution in [2.45, 2.75) is 25.9 Å². The normalized spacial score (nSPS) is 14.2. The van der Waals surface area contributed by atoms with Crippen LogP contribution in [-0.4, -0.2) is 33.8 Å². The van der Waals surface area contributed by atoms with Gasteiger partial charge in [0.05, 0.1) is 40.6 Å². The zero-order valence-electron chi connectivity index (χ0n) is 16.3. The highest BCUT2D eigenvalue weighted by Crippen LogP contribution is 2.30. The number of halogens is 3. The predicted octanol–water partition coefficient (Wildman–Crippen LogP) is 4.45. The van der Waals surface area contributed by atoms with Crippen LogP contribution < -0.4 is 10.2 Å². The molecule has 0 unspecified atom stereocenters. The highest BCUT2D eigenvalue weighted by Gasteiger charge is 2.30. The summed E-state index contributed by atoms with van der Waals surface area (Å²) in [5.41, 5.74) is 0.710. The molecule has 4 rings (SSSR count). The van der Waals surface area contributed by atoms with Gasteiger partial charge in [-0.1, -0.05) is 6.07 Å². The zero-order chi connectivity index (χ0) is 21.3. The summed E-state index contributed by atoms with van der Waals surface area (Å²) in [6, 6.07) is 8.47. The summed E-state index contributed by atoms with van der Waals surface area (Å²) in [5, 5.41) is 6.87. The second kappa shape index (κ2) is 7.81. The summed E-state index contributed by atoms with van der Waals surface area (Å²) in [4.78, 5) is 19.3. The fourth-order valence-corrected chi connectivity index (χ4v) is 3.50. The van der Waals surface area contributed by atoms with Crippen LogP contribution in [0.3, 0.4) is 0 Å². The fraction of sp³-hybridized carbons (Fsp3) is 0.286. The van der Waals surface area contributed by atoms with Crippen LogP contribution in [0.5, 0.6) is 0 Å². The number of amides is 1. The molecule has 9 heteroatoms. The van der Waals surface area contributed by atoms with Crippen molar-refractivity contribution < 1.29 is 18.0 Å². The molecule has 0 atom stereocenters. The molecule has 0 saturated carbocycles. The lowest BCUT2D eigenvalue weighted by Gasteiger charge is -2.16. The third kappa shape index (κ3) is 4.00. The molecule has 6 nitrogen and oxygen atoms in total. The topological polar surface area (TPSA) is 63.1 Å². The van der Waals surface area contributed by atoms with Gasteiger partial charge in [0.2, 0.25) is 0 Å². The molecule has 1 aliphatic heterocycles. The van der Waals surface area contributed by atoms with Gasteiger partial charge >= 0.3 is 6.18 Å². The van der Waals surface area contributed by atoms with Gasteiger partial charge in [-0.05, 0) is 50.1 Å². The monoisotopic (exact) mass is 415 g/mol. The van der Waals surface area contributed by atoms with E-state index in [0.717, 1.165) is 43.9 Å². The van der Waals surface area contributed by atoms with Crippen LogP contribution in [0.1, 0.15) is 34.5 Å². The average Bonchev–Trinajstić information content (AvgIpc) is 3.38. The molecule has 3 aromatic rings. The third-order valence-electron chi connectivity index (χ3n) is 5.11. The van der Waals surface area contributed by atoms with E-state index in [1.54, 1.807) is 19.2 Å². The summed E-state index contributed by atoms with van der Waals surface area (Å²) < 4.78 is 40.3. The average molecular weight is 415 g/mol. The van der Waals surface area contributed by atoms with Gasteiger partial charge in [-0.3, -0.25) is 4.79 Å². The SMILES string of the molecule is Cc1c(C(=O)Nc2ccc(N3CCCC3)nc2)cnn1-c1cccc(C(F)(F)F)c1. The zero-order valence-corrected chi connectivity index (χ0v) is 16.3. The number of nitrogens with one attached hydrogen (secondary N) is 1. The lowest BCUT2D eigenvalue weighted by Crippen LogP contribution is -2.19. The van der Waals surface area contributed by atoms with Crippen molar-refractivity contribution in [3.8, 4) is 5.69 Å². The Morgan fingerprint density at radius 1 is 1.10 bits per heavy atom. The van der Waals surface area contributed by atoms with Crippen LogP contribution in [0.4, 0.5) is 24.7 Å². The van der Waals surface area contributed by atoms with Gasteiger partial charge in [0.25, 0.3) is 5.91 Å². The summed E-state index contributed by atoms with van der Waals surface area (Å²) in [6.07, 6.45) is 0.783. The van der Waals surface area contributed by atoms with E-state index in [0.29, 0.717) is 11.4 Å². The van der Waals surface area contributed by atoms with Crippen molar-refractivity contribution in [3.05, 3.63) is 65.6 Å². The molecule has 0 radical (unpaired) electrons. The molecule has 1 aromatic carbocycles. The first-order valence-corrected chi connectivity index (χ1v) is 9.57. The van der Waals surface area contributed by atoms with Crippen molar-refractivity contribution in [1.82, 2.24) is 14.8 Å². The third-order valence-corrected chi connectivity index (χ3v) is 5.11. The number of anilines is 2. The molecule has 1 amide bonds. The number of nitrogens with zero attached hydrogens (tertiary/aromatic N) is 4. The number of alkyl halides is 3. The Morgan fingerprint density at radius 3 is 2.53 bits per heavy atom. The van der Waals surface area contributed by atoms with Crippen molar-refractivity contribution in [2.75, 3.05) is 23.3 Å². The van der Waals surface area contributed by atoms with E-state index in [2.05, 4.69) is 20.3 Å². The van der Waals surface area contributed by atoms with E-state index in [-0.39, 0.29) is 11.3 Å². The van der Waals surface area contributed by atoms with Crippen molar-refractivity contribution in [1.29, 1.82) is 0 Å². The number of carbonyl (C=O) groups is 1. The van der Waals surface area contributed by atoms with E-state index in [4.69, 9.17) is 0 Å². The van der Waals surface area contributed by atoms with E-state index < -0.39 is 17.6 Å². The number of hydrogen-bond acceptors (Lipinski definition) is 4. The molecule has 1 N–H and O–H groups in total. The minimum atomic E-state index is -4.45. The van der Waals surface area contributed by atoms with E-state index in [1.807, 2.05) is 6.07 Å². The van der Waals surface area contributed by atoms with Crippen LogP contribution in [-0.2, 0) is 6.18 Å². The molecule has 30 heavy (non-hydrogen) atoms. The van der Waals surface area contributed by atoms with Crippen LogP contribution >= 0.6 is 0 Å². The lowest BCUT2D eigenvalue weighted by atomic mass is 10.2. The summed E-state index contributed by atoms with van der Waals surface area (Å²) >= 11 is 0. The fourth-order valence-electron chi connectivity index (χ4n) is 3.50. The maximum Gasteiger partial charge on any atom is 0.416 e. The first-order chi connectivity index (χ1) is 14.3. The molecule has 3 heterocycles. The Kier molecular flexibility index (Phi) is 5.19. The molecule has 1 saturated heterocycles. The Bertz CT molecular complexity index is 1050. The smallest absolute Gasteiger partial charge is 0.357 e. The van der Waals surface area contributed by atoms with Gasteiger partial charge in [0, 0.05) is 13.1 Å². The Labute approximate surface area is 171 Å². The van der Waals surface area contributed by atoms with Gasteiger partial charge in [0.1, 0.15) is 5.82 Å². The first kappa shape index (κ1) is 19.9. The minimum absolute atomic E-state index is 0.234. The molecule has 0 spiro atoms. The Morgan fingerprint density at radius 2 is 1.87 bits per heavy atom. The molecular formula is C21H20F3N5O. The summed E-state index contributed by atoms with van der Waals surface area (Å²) in [7, 11) is 0. The first-order valence-electron chi connectivity index (χ1n) is 9.57. The van der Waals surface area contributed by atoms with E-state index in [1.165, 1.54) is 23.0 Å². The van der Waals surface area contributed by atoms with Gasteiger partial charge in [0.15, 0.2) is 0 Å². The number of hydrogen-bond donors (Lipinski definition) is 1. The molecule has 0 aliphatic carbocycles. The number of rotatable bonds is 4.